The van der Waals surface area contributed by atoms with Crippen molar-refractivity contribution in [1.82, 2.24) is 15.5 Å². The molecule has 9 heteroatoms. The summed E-state index contributed by atoms with van der Waals surface area (Å²) in [6, 6.07) is 2.59. The van der Waals surface area contributed by atoms with E-state index in [1.54, 1.807) is 14.1 Å². The van der Waals surface area contributed by atoms with E-state index >= 15 is 0 Å². The molecule has 0 bridgehead atoms. The van der Waals surface area contributed by atoms with E-state index in [0.29, 0.717) is 0 Å². The molecule has 0 radical (unpaired) electrons. The molecule has 0 saturated carbocycles. The number of amides is 3. The van der Waals surface area contributed by atoms with Crippen LogP contribution in [0.1, 0.15) is 10.4 Å². The number of hydrogen-bond donors (Lipinski definition) is 2. The normalized spacial score (nSPS) is 9.86. The lowest BCUT2D eigenvalue weighted by Crippen LogP contribution is -2.39. The number of nitrogens with zero attached hydrogens (tertiary/aromatic N) is 2. The van der Waals surface area contributed by atoms with Crippen molar-refractivity contribution in [3.05, 3.63) is 39.7 Å². The van der Waals surface area contributed by atoms with Crippen LogP contribution in [0.25, 0.3) is 0 Å². The third kappa shape index (κ3) is 4.71. The molecule has 0 aliphatic heterocycles. The molecule has 2 N–H and O–H groups in total. The second-order valence-electron chi connectivity index (χ2n) is 4.31. The number of nitro benzene ring substituents is 1. The Bertz CT molecular complexity index is 562. The van der Waals surface area contributed by atoms with Gasteiger partial charge in [-0.25, -0.2) is 4.79 Å². The topological polar surface area (TPSA) is 105 Å². The van der Waals surface area contributed by atoms with Gasteiger partial charge in [-0.15, -0.1) is 0 Å². The molecule has 1 aromatic rings. The average molecular weight is 298 g/mol. The zero-order valence-electron chi connectivity index (χ0n) is 11.6. The summed E-state index contributed by atoms with van der Waals surface area (Å²) in [5.41, 5.74) is -0.721. The van der Waals surface area contributed by atoms with E-state index < -0.39 is 22.3 Å². The van der Waals surface area contributed by atoms with Crippen LogP contribution in [0.5, 0.6) is 0 Å². The second-order valence-corrected chi connectivity index (χ2v) is 4.31. The predicted octanol–water partition coefficient (Wildman–Crippen LogP) is 0.735. The van der Waals surface area contributed by atoms with Crippen LogP contribution in [-0.4, -0.2) is 48.9 Å². The predicted molar refractivity (Wildman–Crippen MR) is 72.5 cm³/mol. The Labute approximate surface area is 120 Å². The number of carbonyl (C=O) groups excluding carboxylic acids is 2. The van der Waals surface area contributed by atoms with Gasteiger partial charge in [-0.3, -0.25) is 14.9 Å². The maximum atomic E-state index is 13.4. The molecule has 0 spiro atoms. The quantitative estimate of drug-likeness (QED) is 0.475. The molecule has 0 aromatic heterocycles. The maximum Gasteiger partial charge on any atom is 0.316 e. The SMILES string of the molecule is CN(C)C(=O)NCCNC(=O)c1ccc([N+](=O)[O-])c(F)c1. The van der Waals surface area contributed by atoms with Gasteiger partial charge in [0.05, 0.1) is 4.92 Å². The van der Waals surface area contributed by atoms with Crippen molar-refractivity contribution in [2.75, 3.05) is 27.2 Å². The standard InChI is InChI=1S/C12H15FN4O4/c1-16(2)12(19)15-6-5-14-11(18)8-3-4-10(17(20)21)9(13)7-8/h3-4,7H,5-6H2,1-2H3,(H,14,18)(H,15,19). The van der Waals surface area contributed by atoms with Crippen LogP contribution < -0.4 is 10.6 Å². The minimum atomic E-state index is -1.08. The fourth-order valence-electron chi connectivity index (χ4n) is 1.40. The van der Waals surface area contributed by atoms with Crippen molar-refractivity contribution in [1.29, 1.82) is 0 Å². The van der Waals surface area contributed by atoms with Crippen LogP contribution in [0.4, 0.5) is 14.9 Å². The van der Waals surface area contributed by atoms with E-state index in [1.165, 1.54) is 4.90 Å². The Kier molecular flexibility index (Phi) is 5.58. The molecule has 0 heterocycles. The van der Waals surface area contributed by atoms with Gasteiger partial charge >= 0.3 is 11.7 Å². The van der Waals surface area contributed by atoms with E-state index in [4.69, 9.17) is 0 Å². The third-order valence-corrected chi connectivity index (χ3v) is 2.50. The van der Waals surface area contributed by atoms with Crippen LogP contribution in [0, 0.1) is 15.9 Å². The van der Waals surface area contributed by atoms with Gasteiger partial charge in [-0.1, -0.05) is 0 Å². The van der Waals surface area contributed by atoms with Crippen LogP contribution in [-0.2, 0) is 0 Å². The van der Waals surface area contributed by atoms with Gasteiger partial charge in [0.1, 0.15) is 0 Å². The lowest BCUT2D eigenvalue weighted by molar-refractivity contribution is -0.387. The van der Waals surface area contributed by atoms with Crippen LogP contribution in [0.3, 0.4) is 0 Å². The summed E-state index contributed by atoms with van der Waals surface area (Å²) < 4.78 is 13.4. The summed E-state index contributed by atoms with van der Waals surface area (Å²) in [5, 5.41) is 15.4. The molecule has 0 fully saturated rings. The van der Waals surface area contributed by atoms with Gasteiger partial charge in [-0.05, 0) is 12.1 Å². The first-order valence-corrected chi connectivity index (χ1v) is 6.00. The highest BCUT2D eigenvalue weighted by Gasteiger charge is 2.16. The lowest BCUT2D eigenvalue weighted by atomic mass is 10.2. The van der Waals surface area contributed by atoms with Crippen molar-refractivity contribution in [2.45, 2.75) is 0 Å². The highest BCUT2D eigenvalue weighted by atomic mass is 19.1. The first-order chi connectivity index (χ1) is 9.82. The van der Waals surface area contributed by atoms with E-state index in [-0.39, 0.29) is 24.7 Å². The molecule has 8 nitrogen and oxygen atoms in total. The lowest BCUT2D eigenvalue weighted by Gasteiger charge is -2.12. The molecule has 0 aliphatic rings. The number of urea groups is 1. The fourth-order valence-corrected chi connectivity index (χ4v) is 1.40. The Morgan fingerprint density at radius 1 is 1.29 bits per heavy atom. The van der Waals surface area contributed by atoms with Crippen molar-refractivity contribution >= 4 is 17.6 Å². The van der Waals surface area contributed by atoms with Crippen molar-refractivity contribution in [3.63, 3.8) is 0 Å². The van der Waals surface area contributed by atoms with Gasteiger partial charge in [-0.2, -0.15) is 4.39 Å². The van der Waals surface area contributed by atoms with Crippen molar-refractivity contribution in [3.8, 4) is 0 Å². The minimum absolute atomic E-state index is 0.0305. The summed E-state index contributed by atoms with van der Waals surface area (Å²) in [4.78, 5) is 33.8. The highest BCUT2D eigenvalue weighted by molar-refractivity contribution is 5.94. The average Bonchev–Trinajstić information content (AvgIpc) is 2.42. The minimum Gasteiger partial charge on any atom is -0.350 e. The number of benzene rings is 1. The van der Waals surface area contributed by atoms with Crippen LogP contribution >= 0.6 is 0 Å². The summed E-state index contributed by atoms with van der Waals surface area (Å²) in [6.45, 7) is 0.356. The highest BCUT2D eigenvalue weighted by Crippen LogP contribution is 2.17. The molecule has 0 atom stereocenters. The molecule has 0 unspecified atom stereocenters. The number of rotatable bonds is 5. The molecular weight excluding hydrogens is 283 g/mol. The Balaban J connectivity index is 2.51. The number of nitro groups is 1. The summed E-state index contributed by atoms with van der Waals surface area (Å²) >= 11 is 0. The van der Waals surface area contributed by atoms with E-state index in [2.05, 4.69) is 10.6 Å². The van der Waals surface area contributed by atoms with Gasteiger partial charge < -0.3 is 15.5 Å². The Hall–Kier alpha value is -2.71. The van der Waals surface area contributed by atoms with Crippen molar-refractivity contribution < 1.29 is 18.9 Å². The van der Waals surface area contributed by atoms with Gasteiger partial charge in [0.2, 0.25) is 5.82 Å². The second kappa shape index (κ2) is 7.17. The smallest absolute Gasteiger partial charge is 0.316 e. The fraction of sp³-hybridized carbons (Fsp3) is 0.333. The molecule has 0 saturated heterocycles. The molecule has 3 amide bonds. The summed E-state index contributed by atoms with van der Waals surface area (Å²) in [7, 11) is 3.15. The Morgan fingerprint density at radius 2 is 1.90 bits per heavy atom. The molecule has 1 rings (SSSR count). The number of nitrogens with one attached hydrogen (secondary N) is 2. The molecule has 21 heavy (non-hydrogen) atoms. The zero-order valence-corrected chi connectivity index (χ0v) is 11.6. The monoisotopic (exact) mass is 298 g/mol. The first-order valence-electron chi connectivity index (χ1n) is 6.00. The van der Waals surface area contributed by atoms with E-state index in [9.17, 15) is 24.1 Å². The van der Waals surface area contributed by atoms with Crippen LogP contribution in [0.2, 0.25) is 0 Å². The number of carbonyl (C=O) groups is 2. The maximum absolute atomic E-state index is 13.4. The summed E-state index contributed by atoms with van der Waals surface area (Å²) in [5.74, 6) is -1.66. The van der Waals surface area contributed by atoms with Gasteiger partial charge in [0.25, 0.3) is 5.91 Å². The van der Waals surface area contributed by atoms with Gasteiger partial charge in [0, 0.05) is 38.8 Å². The number of halogens is 1. The third-order valence-electron chi connectivity index (χ3n) is 2.50. The molecule has 0 aliphatic carbocycles. The molecular formula is C12H15FN4O4. The molecule has 114 valence electrons. The Morgan fingerprint density at radius 3 is 2.43 bits per heavy atom. The zero-order chi connectivity index (χ0) is 16.0. The van der Waals surface area contributed by atoms with E-state index in [1.807, 2.05) is 0 Å². The summed E-state index contributed by atoms with van der Waals surface area (Å²) in [6.07, 6.45) is 0. The van der Waals surface area contributed by atoms with Crippen LogP contribution in [0.15, 0.2) is 18.2 Å². The van der Waals surface area contributed by atoms with E-state index in [0.717, 1.165) is 18.2 Å². The van der Waals surface area contributed by atoms with Crippen molar-refractivity contribution in [2.24, 2.45) is 0 Å². The number of hydrogen-bond acceptors (Lipinski definition) is 4. The van der Waals surface area contributed by atoms with Gasteiger partial charge in [0.15, 0.2) is 0 Å². The first kappa shape index (κ1) is 16.3. The largest absolute Gasteiger partial charge is 0.350 e. The molecule has 1 aromatic carbocycles.